The molecule has 2 rings (SSSR count). The number of nitrogens with zero attached hydrogens (tertiary/aromatic N) is 3. The monoisotopic (exact) mass is 275 g/mol. The van der Waals surface area contributed by atoms with Crippen molar-refractivity contribution in [3.05, 3.63) is 35.7 Å². The molecule has 0 aliphatic heterocycles. The fraction of sp³-hybridized carbons (Fsp3) is 0.308. The van der Waals surface area contributed by atoms with Gasteiger partial charge in [-0.15, -0.1) is 5.10 Å². The minimum atomic E-state index is -0.174. The van der Waals surface area contributed by atoms with Crippen molar-refractivity contribution >= 4 is 11.6 Å². The molecule has 1 heterocycles. The number of aryl methyl sites for hydroxylation is 1. The Hall–Kier alpha value is -2.41. The van der Waals surface area contributed by atoms with Crippen LogP contribution in [0.15, 0.2) is 24.4 Å². The molecule has 7 nitrogen and oxygen atoms in total. The highest BCUT2D eigenvalue weighted by molar-refractivity contribution is 5.91. The van der Waals surface area contributed by atoms with E-state index in [9.17, 15) is 4.79 Å². The van der Waals surface area contributed by atoms with E-state index in [0.717, 1.165) is 17.0 Å². The maximum Gasteiger partial charge on any atom is 0.246 e. The fourth-order valence-electron chi connectivity index (χ4n) is 1.75. The Morgan fingerprint density at radius 1 is 1.50 bits per heavy atom. The van der Waals surface area contributed by atoms with Crippen LogP contribution in [0.2, 0.25) is 0 Å². The quantitative estimate of drug-likeness (QED) is 0.837. The zero-order chi connectivity index (χ0) is 14.5. The Balaban J connectivity index is 2.00. The number of hydrogen-bond acceptors (Lipinski definition) is 5. The lowest BCUT2D eigenvalue weighted by Crippen LogP contribution is -2.19. The second-order valence-corrected chi connectivity index (χ2v) is 4.34. The van der Waals surface area contributed by atoms with Gasteiger partial charge in [0.15, 0.2) is 0 Å². The van der Waals surface area contributed by atoms with Crippen molar-refractivity contribution in [2.24, 2.45) is 5.73 Å². The second kappa shape index (κ2) is 6.16. The highest BCUT2D eigenvalue weighted by Crippen LogP contribution is 2.20. The minimum absolute atomic E-state index is 0.0957. The Kier molecular flexibility index (Phi) is 4.31. The third-order valence-corrected chi connectivity index (χ3v) is 2.81. The van der Waals surface area contributed by atoms with Crippen molar-refractivity contribution in [2.75, 3.05) is 12.4 Å². The number of carbonyl (C=O) groups excluding carboxylic acids is 1. The van der Waals surface area contributed by atoms with Crippen LogP contribution in [-0.2, 0) is 17.9 Å². The predicted octanol–water partition coefficient (Wildman–Crippen LogP) is 0.693. The van der Waals surface area contributed by atoms with Crippen LogP contribution in [0.5, 0.6) is 5.75 Å². The molecule has 106 valence electrons. The molecule has 7 heteroatoms. The molecule has 1 amide bonds. The normalized spacial score (nSPS) is 10.3. The van der Waals surface area contributed by atoms with Crippen LogP contribution in [0, 0.1) is 6.92 Å². The molecule has 0 bridgehead atoms. The van der Waals surface area contributed by atoms with Gasteiger partial charge in [-0.3, -0.25) is 4.79 Å². The van der Waals surface area contributed by atoms with Crippen molar-refractivity contribution in [1.82, 2.24) is 15.0 Å². The molecule has 2 aromatic rings. The average molecular weight is 275 g/mol. The molecule has 0 atom stereocenters. The summed E-state index contributed by atoms with van der Waals surface area (Å²) in [5.74, 6) is 0.580. The van der Waals surface area contributed by atoms with E-state index < -0.39 is 0 Å². The maximum absolute atomic E-state index is 11.9. The number of nitrogens with one attached hydrogen (secondary N) is 1. The summed E-state index contributed by atoms with van der Waals surface area (Å²) in [4.78, 5) is 11.9. The van der Waals surface area contributed by atoms with Gasteiger partial charge in [-0.05, 0) is 30.7 Å². The van der Waals surface area contributed by atoms with Crippen LogP contribution in [0.25, 0.3) is 0 Å². The summed E-state index contributed by atoms with van der Waals surface area (Å²) >= 11 is 0. The first-order valence-corrected chi connectivity index (χ1v) is 6.16. The number of rotatable bonds is 5. The molecule has 20 heavy (non-hydrogen) atoms. The molecular formula is C13H17N5O2. The third-order valence-electron chi connectivity index (χ3n) is 2.81. The maximum atomic E-state index is 11.9. The largest absolute Gasteiger partial charge is 0.497 e. The Bertz CT molecular complexity index is 609. The van der Waals surface area contributed by atoms with Crippen molar-refractivity contribution < 1.29 is 9.53 Å². The number of methoxy groups -OCH3 is 1. The van der Waals surface area contributed by atoms with Gasteiger partial charge in [0.1, 0.15) is 12.3 Å². The lowest BCUT2D eigenvalue weighted by molar-refractivity contribution is -0.116. The van der Waals surface area contributed by atoms with Gasteiger partial charge < -0.3 is 15.8 Å². The lowest BCUT2D eigenvalue weighted by atomic mass is 10.2. The molecule has 0 spiro atoms. The van der Waals surface area contributed by atoms with Gasteiger partial charge >= 0.3 is 0 Å². The number of benzene rings is 1. The topological polar surface area (TPSA) is 95.1 Å². The zero-order valence-corrected chi connectivity index (χ0v) is 11.5. The Labute approximate surface area is 116 Å². The van der Waals surface area contributed by atoms with Gasteiger partial charge in [0, 0.05) is 12.2 Å². The molecule has 0 aliphatic rings. The number of carbonyl (C=O) groups is 1. The third kappa shape index (κ3) is 3.33. The van der Waals surface area contributed by atoms with E-state index in [1.165, 1.54) is 4.68 Å². The van der Waals surface area contributed by atoms with Crippen LogP contribution < -0.4 is 15.8 Å². The molecule has 0 saturated heterocycles. The van der Waals surface area contributed by atoms with Gasteiger partial charge in [0.2, 0.25) is 5.91 Å². The fourth-order valence-corrected chi connectivity index (χ4v) is 1.75. The minimum Gasteiger partial charge on any atom is -0.497 e. The van der Waals surface area contributed by atoms with E-state index >= 15 is 0 Å². The Morgan fingerprint density at radius 3 is 2.90 bits per heavy atom. The molecule has 0 aliphatic carbocycles. The van der Waals surface area contributed by atoms with Crippen LogP contribution in [0.3, 0.4) is 0 Å². The number of anilines is 1. The molecule has 3 N–H and O–H groups in total. The van der Waals surface area contributed by atoms with Crippen LogP contribution in [0.1, 0.15) is 11.3 Å². The van der Waals surface area contributed by atoms with Crippen molar-refractivity contribution in [2.45, 2.75) is 20.0 Å². The molecule has 0 saturated carbocycles. The van der Waals surface area contributed by atoms with E-state index in [-0.39, 0.29) is 12.5 Å². The molecular weight excluding hydrogens is 258 g/mol. The molecule has 0 fully saturated rings. The summed E-state index contributed by atoms with van der Waals surface area (Å²) in [6.45, 7) is 2.30. The van der Waals surface area contributed by atoms with E-state index in [1.807, 2.05) is 13.0 Å². The molecule has 0 unspecified atom stereocenters. The summed E-state index contributed by atoms with van der Waals surface area (Å²) in [5, 5.41) is 10.5. The first-order valence-electron chi connectivity index (χ1n) is 6.16. The van der Waals surface area contributed by atoms with Gasteiger partial charge in [-0.2, -0.15) is 0 Å². The van der Waals surface area contributed by atoms with E-state index in [4.69, 9.17) is 10.5 Å². The number of amides is 1. The van der Waals surface area contributed by atoms with Gasteiger partial charge in [0.05, 0.1) is 19.0 Å². The summed E-state index contributed by atoms with van der Waals surface area (Å²) in [6.07, 6.45) is 1.65. The van der Waals surface area contributed by atoms with Gasteiger partial charge in [-0.1, -0.05) is 5.21 Å². The molecule has 0 radical (unpaired) electrons. The highest BCUT2D eigenvalue weighted by atomic mass is 16.5. The van der Waals surface area contributed by atoms with Crippen molar-refractivity contribution in [3.63, 3.8) is 0 Å². The summed E-state index contributed by atoms with van der Waals surface area (Å²) in [7, 11) is 1.60. The van der Waals surface area contributed by atoms with E-state index in [0.29, 0.717) is 12.2 Å². The van der Waals surface area contributed by atoms with Gasteiger partial charge in [0.25, 0.3) is 0 Å². The first kappa shape index (κ1) is 14.0. The predicted molar refractivity (Wildman–Crippen MR) is 74.3 cm³/mol. The van der Waals surface area contributed by atoms with E-state index in [2.05, 4.69) is 15.6 Å². The number of nitrogens with two attached hydrogens (primary N) is 1. The standard InChI is InChI=1S/C13H17N5O2/c1-9-5-11(20-2)3-4-12(9)15-13(19)8-18-7-10(6-14)16-17-18/h3-5,7H,6,8,14H2,1-2H3,(H,15,19). The first-order chi connectivity index (χ1) is 9.62. The van der Waals surface area contributed by atoms with Crippen LogP contribution >= 0.6 is 0 Å². The molecule has 1 aromatic heterocycles. The smallest absolute Gasteiger partial charge is 0.246 e. The SMILES string of the molecule is COc1ccc(NC(=O)Cn2cc(CN)nn2)c(C)c1. The Morgan fingerprint density at radius 2 is 2.30 bits per heavy atom. The van der Waals surface area contributed by atoms with Crippen molar-refractivity contribution in [3.8, 4) is 5.75 Å². The second-order valence-electron chi connectivity index (χ2n) is 4.34. The number of ether oxygens (including phenoxy) is 1. The lowest BCUT2D eigenvalue weighted by Gasteiger charge is -2.09. The summed E-state index contributed by atoms with van der Waals surface area (Å²) in [6, 6.07) is 5.46. The van der Waals surface area contributed by atoms with Crippen LogP contribution in [-0.4, -0.2) is 28.0 Å². The van der Waals surface area contributed by atoms with Crippen molar-refractivity contribution in [1.29, 1.82) is 0 Å². The number of aromatic nitrogens is 3. The van der Waals surface area contributed by atoms with Gasteiger partial charge in [-0.25, -0.2) is 4.68 Å². The van der Waals surface area contributed by atoms with E-state index in [1.54, 1.807) is 25.4 Å². The molecule has 1 aromatic carbocycles. The average Bonchev–Trinajstić information content (AvgIpc) is 2.88. The highest BCUT2D eigenvalue weighted by Gasteiger charge is 2.08. The number of hydrogen-bond donors (Lipinski definition) is 2. The zero-order valence-electron chi connectivity index (χ0n) is 11.5. The van der Waals surface area contributed by atoms with Crippen LogP contribution in [0.4, 0.5) is 5.69 Å². The summed E-state index contributed by atoms with van der Waals surface area (Å²) < 4.78 is 6.57. The summed E-state index contributed by atoms with van der Waals surface area (Å²) in [5.41, 5.74) is 7.76.